The molecule has 1 fully saturated rings. The van der Waals surface area contributed by atoms with Crippen molar-refractivity contribution in [2.75, 3.05) is 13.6 Å². The predicted octanol–water partition coefficient (Wildman–Crippen LogP) is 2.12. The monoisotopic (exact) mass is 159 g/mol. The van der Waals surface area contributed by atoms with Crippen molar-refractivity contribution in [3.05, 3.63) is 0 Å². The van der Waals surface area contributed by atoms with Gasteiger partial charge in [0.05, 0.1) is 0 Å². The Kier molecular flexibility index (Phi) is 3.84. The van der Waals surface area contributed by atoms with Crippen LogP contribution in [0.1, 0.15) is 32.1 Å². The Hall–Kier alpha value is -0.110. The molecule has 0 spiro atoms. The second kappa shape index (κ2) is 4.70. The summed E-state index contributed by atoms with van der Waals surface area (Å²) in [5.41, 5.74) is 0. The first-order chi connectivity index (χ1) is 5.33. The fourth-order valence-electron chi connectivity index (χ4n) is 1.84. The molecule has 2 heteroatoms. The van der Waals surface area contributed by atoms with Crippen molar-refractivity contribution in [3.63, 3.8) is 0 Å². The number of rotatable bonds is 3. The van der Waals surface area contributed by atoms with E-state index in [9.17, 15) is 4.39 Å². The second-order valence-electron chi connectivity index (χ2n) is 3.52. The van der Waals surface area contributed by atoms with E-state index in [1.165, 1.54) is 6.42 Å². The van der Waals surface area contributed by atoms with Gasteiger partial charge in [-0.05, 0) is 38.8 Å². The van der Waals surface area contributed by atoms with Crippen LogP contribution in [0.3, 0.4) is 0 Å². The summed E-state index contributed by atoms with van der Waals surface area (Å²) < 4.78 is 12.8. The Morgan fingerprint density at radius 1 is 1.45 bits per heavy atom. The van der Waals surface area contributed by atoms with Crippen LogP contribution >= 0.6 is 0 Å². The first kappa shape index (κ1) is 8.98. The van der Waals surface area contributed by atoms with Crippen molar-refractivity contribution >= 4 is 0 Å². The second-order valence-corrected chi connectivity index (χ2v) is 3.52. The van der Waals surface area contributed by atoms with E-state index < -0.39 is 6.17 Å². The number of alkyl halides is 1. The number of nitrogens with one attached hydrogen (secondary N) is 1. The van der Waals surface area contributed by atoms with Gasteiger partial charge in [0.2, 0.25) is 0 Å². The van der Waals surface area contributed by atoms with E-state index in [0.29, 0.717) is 5.92 Å². The summed E-state index contributed by atoms with van der Waals surface area (Å²) >= 11 is 0. The maximum absolute atomic E-state index is 12.8. The summed E-state index contributed by atoms with van der Waals surface area (Å²) in [6, 6.07) is 0. The molecule has 0 bridgehead atoms. The fraction of sp³-hybridized carbons (Fsp3) is 1.00. The lowest BCUT2D eigenvalue weighted by molar-refractivity contribution is 0.192. The van der Waals surface area contributed by atoms with Crippen LogP contribution in [0.25, 0.3) is 0 Å². The van der Waals surface area contributed by atoms with Gasteiger partial charge in [0.1, 0.15) is 6.17 Å². The minimum absolute atomic E-state index is 0.509. The van der Waals surface area contributed by atoms with E-state index in [1.807, 2.05) is 7.05 Å². The molecule has 1 aliphatic rings. The zero-order chi connectivity index (χ0) is 8.10. The topological polar surface area (TPSA) is 12.0 Å². The molecule has 0 amide bonds. The van der Waals surface area contributed by atoms with Crippen LogP contribution in [-0.4, -0.2) is 19.8 Å². The van der Waals surface area contributed by atoms with E-state index in [2.05, 4.69) is 5.32 Å². The van der Waals surface area contributed by atoms with Crippen molar-refractivity contribution in [2.45, 2.75) is 38.3 Å². The zero-order valence-electron chi connectivity index (χ0n) is 7.28. The van der Waals surface area contributed by atoms with Gasteiger partial charge in [-0.15, -0.1) is 0 Å². The molecule has 0 radical (unpaired) electrons. The molecule has 0 aliphatic heterocycles. The number of hydrogen-bond donors (Lipinski definition) is 1. The first-order valence-electron chi connectivity index (χ1n) is 4.61. The van der Waals surface area contributed by atoms with Crippen molar-refractivity contribution < 1.29 is 4.39 Å². The van der Waals surface area contributed by atoms with Gasteiger partial charge in [-0.25, -0.2) is 4.39 Å². The zero-order valence-corrected chi connectivity index (χ0v) is 7.28. The lowest BCUT2D eigenvalue weighted by Crippen LogP contribution is -2.20. The Labute approximate surface area is 68.4 Å². The molecule has 1 N–H and O–H groups in total. The molecule has 0 aromatic rings. The normalized spacial score (nSPS) is 32.2. The maximum Gasteiger partial charge on any atom is 0.100 e. The summed E-state index contributed by atoms with van der Waals surface area (Å²) in [5.74, 6) is 0.645. The molecule has 1 rings (SSSR count). The third kappa shape index (κ3) is 3.19. The molecule has 0 saturated heterocycles. The van der Waals surface area contributed by atoms with Crippen molar-refractivity contribution in [1.29, 1.82) is 0 Å². The molecular weight excluding hydrogens is 141 g/mol. The Bertz CT molecular complexity index is 106. The Balaban J connectivity index is 2.12. The molecule has 66 valence electrons. The van der Waals surface area contributed by atoms with Crippen LogP contribution in [0.15, 0.2) is 0 Å². The van der Waals surface area contributed by atoms with Crippen LogP contribution in [0.5, 0.6) is 0 Å². The number of halogens is 1. The van der Waals surface area contributed by atoms with Crippen LogP contribution in [0, 0.1) is 5.92 Å². The largest absolute Gasteiger partial charge is 0.320 e. The molecule has 2 unspecified atom stereocenters. The van der Waals surface area contributed by atoms with Crippen molar-refractivity contribution in [1.82, 2.24) is 5.32 Å². The van der Waals surface area contributed by atoms with Crippen LogP contribution < -0.4 is 5.32 Å². The van der Waals surface area contributed by atoms with Gasteiger partial charge in [-0.2, -0.15) is 0 Å². The molecule has 1 aliphatic carbocycles. The molecule has 0 aromatic carbocycles. The summed E-state index contributed by atoms with van der Waals surface area (Å²) in [5, 5.41) is 3.11. The fourth-order valence-corrected chi connectivity index (χ4v) is 1.84. The molecule has 0 heterocycles. The Morgan fingerprint density at radius 3 is 2.91 bits per heavy atom. The highest BCUT2D eigenvalue weighted by atomic mass is 19.1. The summed E-state index contributed by atoms with van der Waals surface area (Å²) in [6.45, 7) is 1.04. The van der Waals surface area contributed by atoms with Crippen LogP contribution in [-0.2, 0) is 0 Å². The van der Waals surface area contributed by atoms with Crippen molar-refractivity contribution in [2.24, 2.45) is 5.92 Å². The molecule has 1 saturated carbocycles. The third-order valence-electron chi connectivity index (χ3n) is 2.52. The van der Waals surface area contributed by atoms with Gasteiger partial charge in [-0.1, -0.05) is 12.8 Å². The van der Waals surface area contributed by atoms with E-state index in [1.54, 1.807) is 0 Å². The first-order valence-corrected chi connectivity index (χ1v) is 4.61. The maximum atomic E-state index is 12.8. The lowest BCUT2D eigenvalue weighted by Gasteiger charge is -2.24. The Morgan fingerprint density at radius 2 is 2.27 bits per heavy atom. The summed E-state index contributed by atoms with van der Waals surface area (Å²) in [4.78, 5) is 0. The lowest BCUT2D eigenvalue weighted by atomic mass is 9.86. The van der Waals surface area contributed by atoms with Gasteiger partial charge in [0, 0.05) is 0 Å². The van der Waals surface area contributed by atoms with Crippen LogP contribution in [0.4, 0.5) is 4.39 Å². The van der Waals surface area contributed by atoms with Gasteiger partial charge in [-0.3, -0.25) is 0 Å². The van der Waals surface area contributed by atoms with Crippen LogP contribution in [0.2, 0.25) is 0 Å². The molecule has 11 heavy (non-hydrogen) atoms. The highest BCUT2D eigenvalue weighted by Gasteiger charge is 2.20. The smallest absolute Gasteiger partial charge is 0.100 e. The third-order valence-corrected chi connectivity index (χ3v) is 2.52. The highest BCUT2D eigenvalue weighted by molar-refractivity contribution is 4.72. The standard InChI is InChI=1S/C9H18FN/c1-11-6-5-8-3-2-4-9(10)7-8/h8-9,11H,2-7H2,1H3. The molecular formula is C9H18FN. The number of hydrogen-bond acceptors (Lipinski definition) is 1. The minimum Gasteiger partial charge on any atom is -0.320 e. The van der Waals surface area contributed by atoms with Gasteiger partial charge in [0.25, 0.3) is 0 Å². The van der Waals surface area contributed by atoms with Crippen molar-refractivity contribution in [3.8, 4) is 0 Å². The molecule has 2 atom stereocenters. The van der Waals surface area contributed by atoms with E-state index in [0.717, 1.165) is 32.2 Å². The SMILES string of the molecule is CNCCC1CCCC(F)C1. The van der Waals surface area contributed by atoms with E-state index in [4.69, 9.17) is 0 Å². The minimum atomic E-state index is -0.509. The van der Waals surface area contributed by atoms with E-state index >= 15 is 0 Å². The predicted molar refractivity (Wildman–Crippen MR) is 45.4 cm³/mol. The summed E-state index contributed by atoms with van der Waals surface area (Å²) in [6.07, 6.45) is 4.58. The average molecular weight is 159 g/mol. The summed E-state index contributed by atoms with van der Waals surface area (Å²) in [7, 11) is 1.95. The average Bonchev–Trinajstić information content (AvgIpc) is 2.01. The van der Waals surface area contributed by atoms with Gasteiger partial charge < -0.3 is 5.32 Å². The van der Waals surface area contributed by atoms with E-state index in [-0.39, 0.29) is 0 Å². The molecule has 1 nitrogen and oxygen atoms in total. The van der Waals surface area contributed by atoms with Gasteiger partial charge >= 0.3 is 0 Å². The highest BCUT2D eigenvalue weighted by Crippen LogP contribution is 2.28. The molecule has 0 aromatic heterocycles. The van der Waals surface area contributed by atoms with Gasteiger partial charge in [0.15, 0.2) is 0 Å². The quantitative estimate of drug-likeness (QED) is 0.665.